The molecule has 0 saturated carbocycles. The molecule has 1 N–H and O–H groups in total. The average molecular weight is 378 g/mol. The fourth-order valence-electron chi connectivity index (χ4n) is 3.47. The third-order valence-corrected chi connectivity index (χ3v) is 5.00. The molecule has 0 amide bonds. The van der Waals surface area contributed by atoms with E-state index in [4.69, 9.17) is 9.26 Å². The van der Waals surface area contributed by atoms with Crippen LogP contribution in [-0.2, 0) is 19.4 Å². The molecule has 0 fully saturated rings. The number of rotatable bonds is 6. The molecule has 0 saturated heterocycles. The SMILES string of the molecule is COc1ccc(C(=O)CCc2nc(-c3c(C)ncc4c3CCNC4)no2)cc1. The van der Waals surface area contributed by atoms with Gasteiger partial charge in [0.15, 0.2) is 5.78 Å². The van der Waals surface area contributed by atoms with Crippen LogP contribution in [0.3, 0.4) is 0 Å². The number of carbonyl (C=O) groups excluding carboxylic acids is 1. The van der Waals surface area contributed by atoms with Crippen molar-refractivity contribution in [2.24, 2.45) is 0 Å². The normalized spacial score (nSPS) is 13.2. The monoisotopic (exact) mass is 378 g/mol. The minimum absolute atomic E-state index is 0.0309. The van der Waals surface area contributed by atoms with Crippen LogP contribution in [0.25, 0.3) is 11.4 Å². The molecule has 0 atom stereocenters. The van der Waals surface area contributed by atoms with E-state index >= 15 is 0 Å². The topological polar surface area (TPSA) is 90.1 Å². The van der Waals surface area contributed by atoms with Gasteiger partial charge in [-0.1, -0.05) is 5.16 Å². The Morgan fingerprint density at radius 2 is 2.11 bits per heavy atom. The maximum atomic E-state index is 12.4. The van der Waals surface area contributed by atoms with Crippen LogP contribution in [0.5, 0.6) is 5.75 Å². The van der Waals surface area contributed by atoms with E-state index in [1.165, 1.54) is 11.1 Å². The predicted octanol–water partition coefficient (Wildman–Crippen LogP) is 2.91. The first kappa shape index (κ1) is 18.3. The Bertz CT molecular complexity index is 995. The first-order valence-electron chi connectivity index (χ1n) is 9.34. The molecule has 0 spiro atoms. The van der Waals surface area contributed by atoms with Gasteiger partial charge in [-0.3, -0.25) is 9.78 Å². The summed E-state index contributed by atoms with van der Waals surface area (Å²) in [5.41, 5.74) is 4.89. The van der Waals surface area contributed by atoms with Crippen LogP contribution >= 0.6 is 0 Å². The van der Waals surface area contributed by atoms with E-state index in [9.17, 15) is 4.79 Å². The Labute approximate surface area is 163 Å². The van der Waals surface area contributed by atoms with Crippen LogP contribution in [0, 0.1) is 6.92 Å². The second kappa shape index (κ2) is 7.90. The van der Waals surface area contributed by atoms with Crippen molar-refractivity contribution >= 4 is 5.78 Å². The third-order valence-electron chi connectivity index (χ3n) is 5.00. The quantitative estimate of drug-likeness (QED) is 0.660. The Kier molecular flexibility index (Phi) is 5.16. The van der Waals surface area contributed by atoms with Gasteiger partial charge in [-0.25, -0.2) is 0 Å². The van der Waals surface area contributed by atoms with E-state index in [0.717, 1.165) is 36.5 Å². The number of pyridine rings is 1. The standard InChI is InChI=1S/C21H22N4O3/c1-13-20(17-9-10-22-11-15(17)12-23-13)21-24-19(28-25-21)8-7-18(26)14-3-5-16(27-2)6-4-14/h3-6,12,22H,7-11H2,1-2H3. The van der Waals surface area contributed by atoms with Gasteiger partial charge < -0.3 is 14.6 Å². The molecule has 3 heterocycles. The van der Waals surface area contributed by atoms with Gasteiger partial charge in [0.2, 0.25) is 11.7 Å². The van der Waals surface area contributed by atoms with Crippen molar-refractivity contribution in [1.29, 1.82) is 0 Å². The minimum atomic E-state index is 0.0309. The molecule has 1 aromatic carbocycles. The lowest BCUT2D eigenvalue weighted by Gasteiger charge is -2.19. The number of Topliss-reactive ketones (excluding diaryl/α,β-unsaturated/α-hetero) is 1. The van der Waals surface area contributed by atoms with Crippen LogP contribution in [0.4, 0.5) is 0 Å². The van der Waals surface area contributed by atoms with E-state index < -0.39 is 0 Å². The second-order valence-electron chi connectivity index (χ2n) is 6.81. The first-order chi connectivity index (χ1) is 13.7. The van der Waals surface area contributed by atoms with Crippen molar-refractivity contribution < 1.29 is 14.1 Å². The lowest BCUT2D eigenvalue weighted by atomic mass is 9.95. The van der Waals surface area contributed by atoms with Gasteiger partial charge in [0.05, 0.1) is 7.11 Å². The zero-order chi connectivity index (χ0) is 19.5. The average Bonchev–Trinajstić information content (AvgIpc) is 3.20. The highest BCUT2D eigenvalue weighted by atomic mass is 16.5. The van der Waals surface area contributed by atoms with Crippen molar-refractivity contribution in [3.8, 4) is 17.1 Å². The number of aromatic nitrogens is 3. The third kappa shape index (κ3) is 3.66. The molecule has 2 aromatic heterocycles. The molecule has 0 radical (unpaired) electrons. The summed E-state index contributed by atoms with van der Waals surface area (Å²) in [6, 6.07) is 7.09. The van der Waals surface area contributed by atoms with E-state index in [2.05, 4.69) is 20.4 Å². The Balaban J connectivity index is 1.48. The number of hydrogen-bond donors (Lipinski definition) is 1. The minimum Gasteiger partial charge on any atom is -0.497 e. The zero-order valence-electron chi connectivity index (χ0n) is 16.0. The molecule has 7 heteroatoms. The van der Waals surface area contributed by atoms with Crippen LogP contribution in [0.2, 0.25) is 0 Å². The summed E-state index contributed by atoms with van der Waals surface area (Å²) in [5, 5.41) is 7.50. The van der Waals surface area contributed by atoms with Gasteiger partial charge in [0.25, 0.3) is 0 Å². The lowest BCUT2D eigenvalue weighted by molar-refractivity contribution is 0.0979. The fourth-order valence-corrected chi connectivity index (χ4v) is 3.47. The molecule has 28 heavy (non-hydrogen) atoms. The molecular weight excluding hydrogens is 356 g/mol. The van der Waals surface area contributed by atoms with Crippen molar-refractivity contribution in [1.82, 2.24) is 20.4 Å². The van der Waals surface area contributed by atoms with E-state index in [1.807, 2.05) is 13.1 Å². The Morgan fingerprint density at radius 1 is 1.29 bits per heavy atom. The summed E-state index contributed by atoms with van der Waals surface area (Å²) in [6.07, 6.45) is 3.53. The van der Waals surface area contributed by atoms with Crippen LogP contribution in [0.15, 0.2) is 35.0 Å². The number of hydrogen-bond acceptors (Lipinski definition) is 7. The largest absolute Gasteiger partial charge is 0.497 e. The van der Waals surface area contributed by atoms with E-state index in [1.54, 1.807) is 31.4 Å². The van der Waals surface area contributed by atoms with Crippen LogP contribution in [-0.4, -0.2) is 34.6 Å². The molecule has 7 nitrogen and oxygen atoms in total. The van der Waals surface area contributed by atoms with Gasteiger partial charge in [-0.05, 0) is 55.3 Å². The van der Waals surface area contributed by atoms with Crippen molar-refractivity contribution in [2.75, 3.05) is 13.7 Å². The highest BCUT2D eigenvalue weighted by Gasteiger charge is 2.21. The number of nitrogens with one attached hydrogen (secondary N) is 1. The highest BCUT2D eigenvalue weighted by molar-refractivity contribution is 5.96. The number of ketones is 1. The van der Waals surface area contributed by atoms with Crippen LogP contribution in [0.1, 0.15) is 39.5 Å². The van der Waals surface area contributed by atoms with Gasteiger partial charge in [-0.2, -0.15) is 4.98 Å². The molecule has 4 rings (SSSR count). The highest BCUT2D eigenvalue weighted by Crippen LogP contribution is 2.28. The van der Waals surface area contributed by atoms with Crippen molar-refractivity contribution in [2.45, 2.75) is 32.7 Å². The summed E-state index contributed by atoms with van der Waals surface area (Å²) in [5.74, 6) is 1.77. The number of nitrogens with zero attached hydrogens (tertiary/aromatic N) is 3. The Morgan fingerprint density at radius 3 is 2.89 bits per heavy atom. The van der Waals surface area contributed by atoms with Gasteiger partial charge in [0.1, 0.15) is 5.75 Å². The smallest absolute Gasteiger partial charge is 0.227 e. The maximum Gasteiger partial charge on any atom is 0.227 e. The van der Waals surface area contributed by atoms with Gasteiger partial charge in [0, 0.05) is 42.4 Å². The van der Waals surface area contributed by atoms with Gasteiger partial charge >= 0.3 is 0 Å². The Hall–Kier alpha value is -3.06. The number of carbonyl (C=O) groups is 1. The summed E-state index contributed by atoms with van der Waals surface area (Å²) >= 11 is 0. The first-order valence-corrected chi connectivity index (χ1v) is 9.34. The molecule has 144 valence electrons. The molecule has 3 aromatic rings. The second-order valence-corrected chi connectivity index (χ2v) is 6.81. The van der Waals surface area contributed by atoms with Crippen molar-refractivity contribution in [3.63, 3.8) is 0 Å². The van der Waals surface area contributed by atoms with E-state index in [0.29, 0.717) is 30.1 Å². The molecule has 0 unspecified atom stereocenters. The summed E-state index contributed by atoms with van der Waals surface area (Å²) in [7, 11) is 1.60. The van der Waals surface area contributed by atoms with E-state index in [-0.39, 0.29) is 5.78 Å². The fraction of sp³-hybridized carbons (Fsp3) is 0.333. The lowest BCUT2D eigenvalue weighted by Crippen LogP contribution is -2.24. The summed E-state index contributed by atoms with van der Waals surface area (Å²) in [6.45, 7) is 3.68. The molecule has 0 bridgehead atoms. The molecule has 0 aliphatic carbocycles. The van der Waals surface area contributed by atoms with Crippen molar-refractivity contribution in [3.05, 3.63) is 58.7 Å². The van der Waals surface area contributed by atoms with Gasteiger partial charge in [-0.15, -0.1) is 0 Å². The molecule has 1 aliphatic rings. The number of benzene rings is 1. The molecular formula is C21H22N4O3. The number of methoxy groups -OCH3 is 1. The molecule has 1 aliphatic heterocycles. The summed E-state index contributed by atoms with van der Waals surface area (Å²) in [4.78, 5) is 21.4. The zero-order valence-corrected chi connectivity index (χ0v) is 16.0. The van der Waals surface area contributed by atoms with Crippen LogP contribution < -0.4 is 10.1 Å². The number of ether oxygens (including phenoxy) is 1. The number of aryl methyl sites for hydroxylation is 2. The summed E-state index contributed by atoms with van der Waals surface area (Å²) < 4.78 is 10.5. The maximum absolute atomic E-state index is 12.4. The number of fused-ring (bicyclic) bond motifs is 1. The predicted molar refractivity (Wildman–Crippen MR) is 103 cm³/mol.